The van der Waals surface area contributed by atoms with Crippen LogP contribution in [0.2, 0.25) is 0 Å². The predicted molar refractivity (Wildman–Crippen MR) is 111 cm³/mol. The lowest BCUT2D eigenvalue weighted by Gasteiger charge is -2.43. The summed E-state index contributed by atoms with van der Waals surface area (Å²) in [6, 6.07) is 0. The maximum absolute atomic E-state index is 4.43. The molecule has 0 radical (unpaired) electrons. The Hall–Kier alpha value is -1.59. The van der Waals surface area contributed by atoms with Crippen molar-refractivity contribution in [3.8, 4) is 0 Å². The molecule has 0 unspecified atom stereocenters. The Balaban J connectivity index is 1.40. The van der Waals surface area contributed by atoms with Crippen molar-refractivity contribution in [3.63, 3.8) is 0 Å². The van der Waals surface area contributed by atoms with Gasteiger partial charge in [-0.3, -0.25) is 4.99 Å². The second-order valence-corrected chi connectivity index (χ2v) is 8.90. The van der Waals surface area contributed by atoms with Crippen LogP contribution in [0.25, 0.3) is 0 Å². The van der Waals surface area contributed by atoms with Gasteiger partial charge in [0.05, 0.1) is 0 Å². The molecule has 0 spiro atoms. The van der Waals surface area contributed by atoms with E-state index in [9.17, 15) is 0 Å². The van der Waals surface area contributed by atoms with E-state index in [4.69, 9.17) is 0 Å². The van der Waals surface area contributed by atoms with Gasteiger partial charge < -0.3 is 15.2 Å². The van der Waals surface area contributed by atoms with Gasteiger partial charge in [0.2, 0.25) is 0 Å². The SMILES string of the molecule is CN=C(NCCCc1nnc2n1CCCCC2)NCC1(CC(C)C)CCC1. The molecule has 152 valence electrons. The number of nitrogens with zero attached hydrogens (tertiary/aromatic N) is 4. The summed E-state index contributed by atoms with van der Waals surface area (Å²) < 4.78 is 2.35. The fraction of sp³-hybridized carbons (Fsp3) is 0.857. The van der Waals surface area contributed by atoms with Gasteiger partial charge in [0.1, 0.15) is 11.6 Å². The molecule has 1 aliphatic heterocycles. The van der Waals surface area contributed by atoms with Crippen LogP contribution in [0.15, 0.2) is 4.99 Å². The molecular weight excluding hydrogens is 336 g/mol. The van der Waals surface area contributed by atoms with Crippen LogP contribution in [-0.4, -0.2) is 40.9 Å². The molecular formula is C21H38N6. The molecule has 1 aromatic heterocycles. The summed E-state index contributed by atoms with van der Waals surface area (Å²) in [4.78, 5) is 4.41. The van der Waals surface area contributed by atoms with E-state index in [1.54, 1.807) is 0 Å². The molecule has 1 fully saturated rings. The molecule has 1 saturated carbocycles. The molecule has 0 saturated heterocycles. The standard InChI is InChI=1S/C21H38N6/c1-17(2)15-21(11-8-12-21)16-24-20(22-3)23-13-7-10-19-26-25-18-9-5-4-6-14-27(18)19/h17H,4-16H2,1-3H3,(H2,22,23,24). The van der Waals surface area contributed by atoms with E-state index in [0.29, 0.717) is 5.41 Å². The third-order valence-electron chi connectivity index (χ3n) is 6.17. The second kappa shape index (κ2) is 9.56. The first-order valence-corrected chi connectivity index (χ1v) is 11.0. The van der Waals surface area contributed by atoms with Gasteiger partial charge in [0.15, 0.2) is 5.96 Å². The van der Waals surface area contributed by atoms with Crippen LogP contribution in [0, 0.1) is 11.3 Å². The number of nitrogens with one attached hydrogen (secondary N) is 2. The molecule has 0 atom stereocenters. The van der Waals surface area contributed by atoms with Gasteiger partial charge in [0, 0.05) is 39.5 Å². The van der Waals surface area contributed by atoms with Gasteiger partial charge in [0.25, 0.3) is 0 Å². The maximum atomic E-state index is 4.43. The summed E-state index contributed by atoms with van der Waals surface area (Å²) in [5, 5.41) is 15.9. The van der Waals surface area contributed by atoms with Crippen LogP contribution < -0.4 is 10.6 Å². The van der Waals surface area contributed by atoms with Crippen LogP contribution >= 0.6 is 0 Å². The Kier molecular flexibility index (Phi) is 7.13. The summed E-state index contributed by atoms with van der Waals surface area (Å²) in [6.45, 7) is 7.71. The van der Waals surface area contributed by atoms with Gasteiger partial charge >= 0.3 is 0 Å². The van der Waals surface area contributed by atoms with Crippen molar-refractivity contribution in [3.05, 3.63) is 11.6 Å². The highest BCUT2D eigenvalue weighted by atomic mass is 15.3. The molecule has 27 heavy (non-hydrogen) atoms. The first-order valence-electron chi connectivity index (χ1n) is 11.0. The Labute approximate surface area is 164 Å². The van der Waals surface area contributed by atoms with E-state index in [0.717, 1.165) is 56.6 Å². The monoisotopic (exact) mass is 374 g/mol. The highest BCUT2D eigenvalue weighted by molar-refractivity contribution is 5.79. The van der Waals surface area contributed by atoms with Crippen LogP contribution in [0.4, 0.5) is 0 Å². The molecule has 0 aromatic carbocycles. The molecule has 1 aromatic rings. The molecule has 2 aliphatic rings. The van der Waals surface area contributed by atoms with Crippen LogP contribution in [0.3, 0.4) is 0 Å². The minimum Gasteiger partial charge on any atom is -0.356 e. The van der Waals surface area contributed by atoms with Crippen molar-refractivity contribution >= 4 is 5.96 Å². The van der Waals surface area contributed by atoms with Crippen molar-refractivity contribution in [2.75, 3.05) is 20.1 Å². The highest BCUT2D eigenvalue weighted by Crippen LogP contribution is 2.45. The van der Waals surface area contributed by atoms with Gasteiger partial charge in [-0.15, -0.1) is 10.2 Å². The Morgan fingerprint density at radius 2 is 2.00 bits per heavy atom. The molecule has 1 aliphatic carbocycles. The second-order valence-electron chi connectivity index (χ2n) is 8.90. The lowest BCUT2D eigenvalue weighted by Crippen LogP contribution is -2.47. The normalized spacial score (nSPS) is 19.3. The lowest BCUT2D eigenvalue weighted by atomic mass is 9.64. The minimum atomic E-state index is 0.491. The fourth-order valence-electron chi connectivity index (χ4n) is 4.67. The molecule has 6 heteroatoms. The summed E-state index contributed by atoms with van der Waals surface area (Å²) in [5.41, 5.74) is 0.491. The van der Waals surface area contributed by atoms with Crippen molar-refractivity contribution in [1.29, 1.82) is 0 Å². The number of aryl methyl sites for hydroxylation is 2. The minimum absolute atomic E-state index is 0.491. The average molecular weight is 375 g/mol. The molecule has 2 heterocycles. The Morgan fingerprint density at radius 3 is 2.70 bits per heavy atom. The zero-order chi connectivity index (χ0) is 19.1. The number of guanidine groups is 1. The first kappa shape index (κ1) is 20.2. The molecule has 6 nitrogen and oxygen atoms in total. The van der Waals surface area contributed by atoms with E-state index < -0.39 is 0 Å². The summed E-state index contributed by atoms with van der Waals surface area (Å²) in [5.74, 6) is 4.04. The topological polar surface area (TPSA) is 67.1 Å². The highest BCUT2D eigenvalue weighted by Gasteiger charge is 2.37. The number of hydrogen-bond donors (Lipinski definition) is 2. The van der Waals surface area contributed by atoms with E-state index >= 15 is 0 Å². The largest absolute Gasteiger partial charge is 0.356 e. The van der Waals surface area contributed by atoms with Gasteiger partial charge in [-0.2, -0.15) is 0 Å². The van der Waals surface area contributed by atoms with Crippen molar-refractivity contribution in [2.45, 2.75) is 84.6 Å². The van der Waals surface area contributed by atoms with E-state index in [1.165, 1.54) is 50.8 Å². The number of fused-ring (bicyclic) bond motifs is 1. The van der Waals surface area contributed by atoms with Gasteiger partial charge in [-0.1, -0.05) is 26.7 Å². The lowest BCUT2D eigenvalue weighted by molar-refractivity contribution is 0.104. The summed E-state index contributed by atoms with van der Waals surface area (Å²) >= 11 is 0. The number of hydrogen-bond acceptors (Lipinski definition) is 3. The van der Waals surface area contributed by atoms with Crippen molar-refractivity contribution in [2.24, 2.45) is 16.3 Å². The fourth-order valence-corrected chi connectivity index (χ4v) is 4.67. The van der Waals surface area contributed by atoms with Crippen LogP contribution in [0.5, 0.6) is 0 Å². The summed E-state index contributed by atoms with van der Waals surface area (Å²) in [7, 11) is 1.86. The number of aliphatic imine (C=N–C) groups is 1. The quantitative estimate of drug-likeness (QED) is 0.416. The van der Waals surface area contributed by atoms with Crippen molar-refractivity contribution in [1.82, 2.24) is 25.4 Å². The summed E-state index contributed by atoms with van der Waals surface area (Å²) in [6.07, 6.45) is 12.3. The molecule has 0 amide bonds. The predicted octanol–water partition coefficient (Wildman–Crippen LogP) is 3.32. The van der Waals surface area contributed by atoms with Crippen molar-refractivity contribution < 1.29 is 0 Å². The molecule has 3 rings (SSSR count). The Bertz CT molecular complexity index is 614. The first-order chi connectivity index (χ1) is 13.1. The van der Waals surface area contributed by atoms with E-state index in [1.807, 2.05) is 7.05 Å². The van der Waals surface area contributed by atoms with Crippen LogP contribution in [0.1, 0.15) is 76.9 Å². The third-order valence-corrected chi connectivity index (χ3v) is 6.17. The Morgan fingerprint density at radius 1 is 1.15 bits per heavy atom. The third kappa shape index (κ3) is 5.45. The number of aromatic nitrogens is 3. The number of rotatable bonds is 8. The van der Waals surface area contributed by atoms with Crippen LogP contribution in [-0.2, 0) is 19.4 Å². The molecule has 0 bridgehead atoms. The van der Waals surface area contributed by atoms with Gasteiger partial charge in [-0.05, 0) is 49.9 Å². The zero-order valence-corrected chi connectivity index (χ0v) is 17.6. The smallest absolute Gasteiger partial charge is 0.190 e. The van der Waals surface area contributed by atoms with E-state index in [-0.39, 0.29) is 0 Å². The zero-order valence-electron chi connectivity index (χ0n) is 17.6. The average Bonchev–Trinajstić information content (AvgIpc) is 2.85. The molecule has 2 N–H and O–H groups in total. The maximum Gasteiger partial charge on any atom is 0.190 e. The van der Waals surface area contributed by atoms with Gasteiger partial charge in [-0.25, -0.2) is 0 Å². The van der Waals surface area contributed by atoms with E-state index in [2.05, 4.69) is 44.2 Å².